The van der Waals surface area contributed by atoms with Gasteiger partial charge >= 0.3 is 5.97 Å². The number of para-hydroxylation sites is 2. The summed E-state index contributed by atoms with van der Waals surface area (Å²) in [4.78, 5) is 261. The summed E-state index contributed by atoms with van der Waals surface area (Å²) in [6.07, 6.45) is 2.88. The smallest absolute Gasteiger partial charge is 0.305 e. The Bertz CT molecular complexity index is 4930. The molecule has 3 aliphatic heterocycles. The molecule has 22 N–H and O–H groups in total. The van der Waals surface area contributed by atoms with Gasteiger partial charge in [-0.15, -0.1) is 11.8 Å². The van der Waals surface area contributed by atoms with Crippen LogP contribution in [0, 0.1) is 17.2 Å². The van der Waals surface area contributed by atoms with E-state index in [9.17, 15) is 63.3 Å². The lowest BCUT2D eigenvalue weighted by molar-refractivity contribution is -0.149. The van der Waals surface area contributed by atoms with Crippen molar-refractivity contribution in [2.24, 2.45) is 29.0 Å². The van der Waals surface area contributed by atoms with Gasteiger partial charge in [-0.1, -0.05) is 102 Å². The number of benzene rings is 3. The lowest BCUT2D eigenvalue weighted by Crippen LogP contribution is -2.61. The highest BCUT2D eigenvalue weighted by Crippen LogP contribution is 2.30. The molecule has 3 aliphatic rings. The number of aromatic nitrogens is 2. The van der Waals surface area contributed by atoms with E-state index in [1.54, 1.807) is 74.8 Å². The second-order valence-electron chi connectivity index (χ2n) is 34.3. The number of aromatic hydroxyl groups is 1. The van der Waals surface area contributed by atoms with Crippen LogP contribution in [0.4, 0.5) is 0 Å². The second-order valence-corrected chi connectivity index (χ2v) is 35.3. The van der Waals surface area contributed by atoms with Crippen molar-refractivity contribution in [3.05, 3.63) is 102 Å². The molecule has 41 nitrogen and oxygen atoms in total. The van der Waals surface area contributed by atoms with Gasteiger partial charge in [-0.3, -0.25) is 86.9 Å². The number of amides is 15. The Kier molecular flexibility index (Phi) is 40.1. The summed E-state index contributed by atoms with van der Waals surface area (Å²) in [7, 11) is 3.97. The van der Waals surface area contributed by atoms with Crippen molar-refractivity contribution in [2.45, 2.75) is 235 Å². The molecule has 5 aromatic rings. The van der Waals surface area contributed by atoms with Crippen LogP contribution in [0.2, 0.25) is 0 Å². The molecule has 3 aromatic carbocycles. The van der Waals surface area contributed by atoms with Crippen molar-refractivity contribution in [1.29, 1.82) is 5.41 Å². The van der Waals surface area contributed by atoms with Gasteiger partial charge in [0.15, 0.2) is 11.7 Å². The van der Waals surface area contributed by atoms with Gasteiger partial charge in [0.1, 0.15) is 78.3 Å². The number of unbranched alkanes of at least 4 members (excludes halogenated alkanes) is 2. The van der Waals surface area contributed by atoms with Crippen molar-refractivity contribution in [2.75, 3.05) is 72.0 Å². The minimum Gasteiger partial charge on any atom is -0.508 e. The number of hydrogen-bond donors (Lipinski definition) is 19. The fourth-order valence-electron chi connectivity index (χ4n) is 16.7. The molecule has 14 atom stereocenters. The number of H-pyrrole nitrogens is 2. The van der Waals surface area contributed by atoms with Crippen LogP contribution in [0.3, 0.4) is 0 Å². The Morgan fingerprint density at radius 3 is 1.68 bits per heavy atom. The van der Waals surface area contributed by atoms with Crippen LogP contribution in [0.1, 0.15) is 154 Å². The van der Waals surface area contributed by atoms with Crippen LogP contribution in [0.25, 0.3) is 21.8 Å². The predicted octanol–water partition coefficient (Wildman–Crippen LogP) is -0.827. The van der Waals surface area contributed by atoms with Crippen LogP contribution in [0.15, 0.2) is 85.2 Å². The molecule has 720 valence electrons. The molecule has 3 saturated heterocycles. The van der Waals surface area contributed by atoms with Gasteiger partial charge in [0, 0.05) is 106 Å². The first-order valence-electron chi connectivity index (χ1n) is 44.9. The molecule has 0 unspecified atom stereocenters. The highest BCUT2D eigenvalue weighted by Gasteiger charge is 2.46. The minimum atomic E-state index is -1.88. The molecule has 0 radical (unpaired) electrons. The van der Waals surface area contributed by atoms with Gasteiger partial charge in [0.25, 0.3) is 0 Å². The Morgan fingerprint density at radius 1 is 0.553 bits per heavy atom. The van der Waals surface area contributed by atoms with Gasteiger partial charge in [-0.2, -0.15) is 0 Å². The Hall–Kier alpha value is -12.7. The third kappa shape index (κ3) is 29.4. The number of carbonyl (C=O) groups is 17. The monoisotopic (exact) mass is 1860 g/mol. The number of nitrogens with two attached hydrogens (primary N) is 3. The molecule has 3 fully saturated rings. The number of phenolic OH excluding ortho intramolecular Hbond substituents is 1. The maximum absolute atomic E-state index is 15.7. The van der Waals surface area contributed by atoms with Crippen molar-refractivity contribution in [1.82, 2.24) is 87.6 Å². The van der Waals surface area contributed by atoms with Gasteiger partial charge < -0.3 is 120 Å². The third-order valence-corrected chi connectivity index (χ3v) is 25.1. The van der Waals surface area contributed by atoms with Gasteiger partial charge in [-0.05, 0) is 131 Å². The fraction of sp³-hybridized carbons (Fsp3) is 0.556. The minimum absolute atomic E-state index is 0.00300. The van der Waals surface area contributed by atoms with Crippen LogP contribution in [-0.4, -0.2) is 307 Å². The molecule has 2 aromatic heterocycles. The lowest BCUT2D eigenvalue weighted by atomic mass is 9.90. The number of aromatic amines is 2. The summed E-state index contributed by atoms with van der Waals surface area (Å²) in [5.41, 5.74) is 20.0. The number of rotatable bonds is 26. The van der Waals surface area contributed by atoms with Crippen LogP contribution >= 0.6 is 11.8 Å². The molecule has 132 heavy (non-hydrogen) atoms. The average Bonchev–Trinajstić information content (AvgIpc) is 1.56. The Labute approximate surface area is 769 Å². The molecule has 5 heterocycles. The van der Waals surface area contributed by atoms with Gasteiger partial charge in [0.2, 0.25) is 88.6 Å². The predicted molar refractivity (Wildman–Crippen MR) is 489 cm³/mol. The van der Waals surface area contributed by atoms with E-state index in [0.29, 0.717) is 64.2 Å². The maximum atomic E-state index is 15.7. The van der Waals surface area contributed by atoms with Crippen LogP contribution < -0.4 is 70.4 Å². The normalized spacial score (nSPS) is 24.6. The number of likely N-dealkylation sites (N-methyl/N-ethyl adjacent to an activating group) is 3. The maximum Gasteiger partial charge on any atom is 0.305 e. The number of thioether (sulfide) groups is 1. The molecular weight excluding hydrogens is 1730 g/mol. The number of aliphatic hydroxyl groups is 1. The van der Waals surface area contributed by atoms with E-state index in [1.165, 1.54) is 57.2 Å². The number of nitrogens with one attached hydrogen (secondary N) is 13. The summed E-state index contributed by atoms with van der Waals surface area (Å²) in [6, 6.07) is 0.370. The van der Waals surface area contributed by atoms with E-state index in [1.807, 2.05) is 13.8 Å². The number of carbonyl (C=O) groups excluding carboxylic acids is 16. The molecule has 0 saturated carbocycles. The first-order valence-corrected chi connectivity index (χ1v) is 46.0. The molecule has 42 heteroatoms. The standard InChI is InChI=1S/C90H129N21O20S/c1-9-11-25-70-83(125)100-61(24-17-35-95-90(93)94)80(122)106-68(79(121)98-46-74(92)115)48-132-49-75(116)99-65(39-52-29-31-56(113)32-30-52)85(127)107(6)51(5)77(119)101-62(33-34-91)87(129)111-37-19-28-71(111)84(126)102-63(43-76(117)118)81(123)103-64(38-50(3)4)88(130)110-36-18-27-69(110)73(114)42-53(40-54-44-96-59-22-15-13-20-57(54)59)78(120)105-67(47-112)82(124)104-66(41-55-45-97-60-23-16-14-21-58(55)60)86(128)109(8)72(26-12-10-2)89(131)108(70)7/h13-16,20-23,29-32,44-45,50-51,53,61-72,96-97,112-113H,9-12,17-19,24-28,33-43,46-49,91H2,1-8H3,(H2,92,115)(H,98,121)(H,99,116)(H,100,125)(H,101,119)(H,102,126)(H,103,123)(H,104,124)(H,105,120)(H,106,122)(H,117,118)(H4,93,94,95)/t51-,53+,61-,62-,63-,64-,65-,66-,67-,68-,69-,70-,71-,72-/m0/s1. The number of carboxylic acid groups (broad SMARTS) is 1. The quantitative estimate of drug-likeness (QED) is 0.0183. The topological polar surface area (TPSA) is 621 Å². The number of primary amides is 1. The highest BCUT2D eigenvalue weighted by atomic mass is 32.2. The summed E-state index contributed by atoms with van der Waals surface area (Å²) in [6.45, 7) is 6.47. The Balaban J connectivity index is 1.19. The number of aliphatic carboxylic acids is 1. The average molecular weight is 1860 g/mol. The van der Waals surface area contributed by atoms with Crippen molar-refractivity contribution >= 4 is 140 Å². The number of ketones is 1. The van der Waals surface area contributed by atoms with Gasteiger partial charge in [0.05, 0.1) is 31.4 Å². The Morgan fingerprint density at radius 2 is 1.08 bits per heavy atom. The number of aliphatic hydroxyl groups excluding tert-OH is 1. The summed E-state index contributed by atoms with van der Waals surface area (Å²) in [5, 5.41) is 67.1. The second kappa shape index (κ2) is 50.6. The van der Waals surface area contributed by atoms with E-state index in [0.717, 1.165) is 31.4 Å². The first-order chi connectivity index (χ1) is 62.9. The number of nitrogens with zero attached hydrogens (tertiary/aromatic N) is 5. The third-order valence-electron chi connectivity index (χ3n) is 24.0. The van der Waals surface area contributed by atoms with Crippen molar-refractivity contribution in [3.63, 3.8) is 0 Å². The molecule has 15 amide bonds. The number of hydrogen-bond acceptors (Lipinski definition) is 22. The van der Waals surface area contributed by atoms with Crippen LogP contribution in [0.5, 0.6) is 5.75 Å². The van der Waals surface area contributed by atoms with E-state index >= 15 is 33.6 Å². The number of guanidine groups is 1. The fourth-order valence-corrected chi connectivity index (χ4v) is 17.5. The van der Waals surface area contributed by atoms with Crippen molar-refractivity contribution < 1.29 is 96.8 Å². The van der Waals surface area contributed by atoms with Crippen molar-refractivity contribution in [3.8, 4) is 5.75 Å². The largest absolute Gasteiger partial charge is 0.508 e. The highest BCUT2D eigenvalue weighted by molar-refractivity contribution is 8.00. The molecule has 8 rings (SSSR count). The summed E-state index contributed by atoms with van der Waals surface area (Å²) in [5.74, 6) is -18.9. The van der Waals surface area contributed by atoms with E-state index in [2.05, 4.69) is 63.1 Å². The number of carboxylic acids is 1. The molecular formula is C90H129N21O20S. The van der Waals surface area contributed by atoms with E-state index < -0.39 is 228 Å². The summed E-state index contributed by atoms with van der Waals surface area (Å²) >= 11 is 0.778. The SMILES string of the molecule is CCCC[C@H]1C(=O)N(C)[C@@H](CCCC)C(=O)N[C@@H](CCCNC(=N)N)C(=O)N[C@H](C(=O)NCC(N)=O)CSCC(=O)N[C@@H](Cc2ccc(O)cc2)C(=O)N(C)[C@@H](C)C(=O)N[C@@H](CCN)C(=O)N2CCC[C@H]2C(=O)N[C@@H](CC(=O)O)C(=O)N[C@@H](CC(C)C)C(=O)N2CCC[C@H]2C(=O)C[C@@H](Cc2c[nH]c3ccccc23)C(=O)N[C@@H](CO)C(=O)N[C@@H](Cc2c[nH]c3ccccc23)C(=O)N1C. The number of phenols is 1. The van der Waals surface area contributed by atoms with E-state index in [-0.39, 0.29) is 121 Å². The van der Waals surface area contributed by atoms with E-state index in [4.69, 9.17) is 22.6 Å². The lowest BCUT2D eigenvalue weighted by Gasteiger charge is -2.36. The number of fused-ring (bicyclic) bond motifs is 4. The first kappa shape index (κ1) is 105. The zero-order valence-electron chi connectivity index (χ0n) is 76.0. The zero-order valence-corrected chi connectivity index (χ0v) is 76.8. The summed E-state index contributed by atoms with van der Waals surface area (Å²) < 4.78 is 0. The van der Waals surface area contributed by atoms with Crippen LogP contribution in [-0.2, 0) is 101 Å². The molecule has 0 spiro atoms. The molecule has 0 bridgehead atoms. The number of Topliss-reactive ketones (excluding diaryl/α,β-unsaturated/α-hetero) is 1. The zero-order chi connectivity index (χ0) is 96.7. The molecule has 0 aliphatic carbocycles. The van der Waals surface area contributed by atoms with Gasteiger partial charge in [-0.25, -0.2) is 0 Å².